The second kappa shape index (κ2) is 7.11. The van der Waals surface area contributed by atoms with Crippen molar-refractivity contribution in [2.75, 3.05) is 39.3 Å². The molecule has 22 heavy (non-hydrogen) atoms. The molecule has 2 aliphatic heterocycles. The number of carbonyl (C=O) groups excluding carboxylic acids is 1. The Morgan fingerprint density at radius 3 is 2.64 bits per heavy atom. The van der Waals surface area contributed by atoms with Gasteiger partial charge in [0.15, 0.2) is 0 Å². The van der Waals surface area contributed by atoms with Crippen LogP contribution in [0.3, 0.4) is 0 Å². The first-order chi connectivity index (χ1) is 10.7. The number of ether oxygens (including phenoxy) is 1. The molecule has 5 heteroatoms. The van der Waals surface area contributed by atoms with E-state index in [9.17, 15) is 9.90 Å². The highest BCUT2D eigenvalue weighted by atomic mass is 16.5. The number of phenolic OH excluding ortho intramolecular Hbond substituents is 1. The average molecular weight is 304 g/mol. The highest BCUT2D eigenvalue weighted by Crippen LogP contribution is 2.19. The van der Waals surface area contributed by atoms with Crippen LogP contribution in [0.1, 0.15) is 29.6 Å². The lowest BCUT2D eigenvalue weighted by Gasteiger charge is -2.37. The van der Waals surface area contributed by atoms with Gasteiger partial charge in [0.1, 0.15) is 5.75 Å². The van der Waals surface area contributed by atoms with Gasteiger partial charge in [-0.15, -0.1) is 0 Å². The van der Waals surface area contributed by atoms with Crippen LogP contribution in [0.4, 0.5) is 0 Å². The molecule has 1 amide bonds. The smallest absolute Gasteiger partial charge is 0.257 e. The van der Waals surface area contributed by atoms with E-state index in [1.807, 2.05) is 4.90 Å². The van der Waals surface area contributed by atoms with Crippen molar-refractivity contribution in [1.82, 2.24) is 9.80 Å². The quantitative estimate of drug-likeness (QED) is 0.924. The molecule has 120 valence electrons. The van der Waals surface area contributed by atoms with Crippen molar-refractivity contribution in [1.29, 1.82) is 0 Å². The maximum atomic E-state index is 12.4. The monoisotopic (exact) mass is 304 g/mol. The largest absolute Gasteiger partial charge is 0.507 e. The first-order valence-electron chi connectivity index (χ1n) is 8.15. The molecule has 1 N–H and O–H groups in total. The van der Waals surface area contributed by atoms with E-state index in [0.717, 1.165) is 32.7 Å². The lowest BCUT2D eigenvalue weighted by Crippen LogP contribution is -2.50. The summed E-state index contributed by atoms with van der Waals surface area (Å²) in [7, 11) is 0. The van der Waals surface area contributed by atoms with Crippen LogP contribution in [0, 0.1) is 0 Å². The van der Waals surface area contributed by atoms with Gasteiger partial charge in [0.25, 0.3) is 5.91 Å². The summed E-state index contributed by atoms with van der Waals surface area (Å²) in [5.74, 6) is -0.0165. The van der Waals surface area contributed by atoms with Crippen LogP contribution < -0.4 is 0 Å². The Labute approximate surface area is 131 Å². The van der Waals surface area contributed by atoms with Gasteiger partial charge in [-0.1, -0.05) is 12.1 Å². The average Bonchev–Trinajstić information content (AvgIpc) is 2.56. The summed E-state index contributed by atoms with van der Waals surface area (Å²) < 4.78 is 5.78. The molecule has 1 aromatic carbocycles. The molecule has 5 nitrogen and oxygen atoms in total. The zero-order valence-electron chi connectivity index (χ0n) is 12.9. The van der Waals surface area contributed by atoms with Gasteiger partial charge in [-0.2, -0.15) is 0 Å². The van der Waals surface area contributed by atoms with Crippen LogP contribution >= 0.6 is 0 Å². The molecule has 2 fully saturated rings. The van der Waals surface area contributed by atoms with E-state index in [4.69, 9.17) is 4.74 Å². The highest BCUT2D eigenvalue weighted by molar-refractivity contribution is 5.96. The third kappa shape index (κ3) is 3.59. The van der Waals surface area contributed by atoms with Crippen molar-refractivity contribution >= 4 is 5.91 Å². The molecular formula is C17H24N2O3. The number of benzene rings is 1. The number of rotatable bonds is 3. The predicted molar refractivity (Wildman–Crippen MR) is 84.0 cm³/mol. The van der Waals surface area contributed by atoms with E-state index in [1.54, 1.807) is 24.3 Å². The van der Waals surface area contributed by atoms with Crippen molar-refractivity contribution in [3.8, 4) is 5.75 Å². The van der Waals surface area contributed by atoms with Gasteiger partial charge in [0.05, 0.1) is 11.7 Å². The zero-order chi connectivity index (χ0) is 15.4. The number of hydrogen-bond donors (Lipinski definition) is 1. The van der Waals surface area contributed by atoms with Crippen LogP contribution in [-0.2, 0) is 4.74 Å². The Bertz CT molecular complexity index is 506. The molecule has 0 aromatic heterocycles. The Balaban J connectivity index is 1.51. The maximum absolute atomic E-state index is 12.4. The Morgan fingerprint density at radius 1 is 1.18 bits per heavy atom. The van der Waals surface area contributed by atoms with Crippen LogP contribution in [-0.4, -0.2) is 66.2 Å². The SMILES string of the molecule is O=C(c1ccccc1O)N1CCN(CC2CCCCO2)CC1. The normalized spacial score (nSPS) is 23.5. The van der Waals surface area contributed by atoms with Gasteiger partial charge >= 0.3 is 0 Å². The minimum atomic E-state index is -0.0772. The fraction of sp³-hybridized carbons (Fsp3) is 0.588. The van der Waals surface area contributed by atoms with E-state index in [0.29, 0.717) is 24.8 Å². The molecule has 0 aliphatic carbocycles. The Hall–Kier alpha value is -1.59. The van der Waals surface area contributed by atoms with Gasteiger partial charge in [0.2, 0.25) is 0 Å². The number of phenols is 1. The third-order valence-electron chi connectivity index (χ3n) is 4.53. The second-order valence-electron chi connectivity index (χ2n) is 6.10. The molecule has 0 bridgehead atoms. The molecule has 1 aromatic rings. The number of aromatic hydroxyl groups is 1. The summed E-state index contributed by atoms with van der Waals surface area (Å²) in [5, 5.41) is 9.81. The Kier molecular flexibility index (Phi) is 4.95. The van der Waals surface area contributed by atoms with Crippen LogP contribution in [0.2, 0.25) is 0 Å². The van der Waals surface area contributed by atoms with E-state index < -0.39 is 0 Å². The van der Waals surface area contributed by atoms with Crippen molar-refractivity contribution < 1.29 is 14.6 Å². The number of nitrogens with zero attached hydrogens (tertiary/aromatic N) is 2. The van der Waals surface area contributed by atoms with Gasteiger partial charge < -0.3 is 14.7 Å². The van der Waals surface area contributed by atoms with Crippen LogP contribution in [0.5, 0.6) is 5.75 Å². The highest BCUT2D eigenvalue weighted by Gasteiger charge is 2.25. The van der Waals surface area contributed by atoms with Crippen molar-refractivity contribution in [2.24, 2.45) is 0 Å². The van der Waals surface area contributed by atoms with Crippen molar-refractivity contribution in [2.45, 2.75) is 25.4 Å². The minimum Gasteiger partial charge on any atom is -0.507 e. The molecule has 0 radical (unpaired) electrons. The number of hydrogen-bond acceptors (Lipinski definition) is 4. The van der Waals surface area contributed by atoms with E-state index in [1.165, 1.54) is 12.8 Å². The van der Waals surface area contributed by atoms with Crippen LogP contribution in [0.25, 0.3) is 0 Å². The van der Waals surface area contributed by atoms with Gasteiger partial charge in [-0.25, -0.2) is 0 Å². The molecule has 2 heterocycles. The fourth-order valence-electron chi connectivity index (χ4n) is 3.20. The number of carbonyl (C=O) groups is 1. The van der Waals surface area contributed by atoms with Crippen molar-refractivity contribution in [3.05, 3.63) is 29.8 Å². The van der Waals surface area contributed by atoms with Crippen molar-refractivity contribution in [3.63, 3.8) is 0 Å². The van der Waals surface area contributed by atoms with Gasteiger partial charge in [-0.3, -0.25) is 9.69 Å². The minimum absolute atomic E-state index is 0.0607. The Morgan fingerprint density at radius 2 is 1.95 bits per heavy atom. The number of para-hydroxylation sites is 1. The lowest BCUT2D eigenvalue weighted by atomic mass is 10.1. The third-order valence-corrected chi connectivity index (χ3v) is 4.53. The molecule has 0 spiro atoms. The molecule has 0 saturated carbocycles. The van der Waals surface area contributed by atoms with E-state index >= 15 is 0 Å². The second-order valence-corrected chi connectivity index (χ2v) is 6.10. The summed E-state index contributed by atoms with van der Waals surface area (Å²) in [6.45, 7) is 5.02. The molecule has 1 atom stereocenters. The topological polar surface area (TPSA) is 53.0 Å². The molecule has 2 aliphatic rings. The predicted octanol–water partition coefficient (Wildman–Crippen LogP) is 1.72. The van der Waals surface area contributed by atoms with Gasteiger partial charge in [0, 0.05) is 39.3 Å². The zero-order valence-corrected chi connectivity index (χ0v) is 12.9. The van der Waals surface area contributed by atoms with E-state index in [2.05, 4.69) is 4.90 Å². The summed E-state index contributed by atoms with van der Waals surface area (Å²) in [4.78, 5) is 16.6. The van der Waals surface area contributed by atoms with E-state index in [-0.39, 0.29) is 11.7 Å². The number of amides is 1. The van der Waals surface area contributed by atoms with Gasteiger partial charge in [-0.05, 0) is 31.4 Å². The molecule has 2 saturated heterocycles. The number of piperazine rings is 1. The summed E-state index contributed by atoms with van der Waals surface area (Å²) >= 11 is 0. The summed E-state index contributed by atoms with van der Waals surface area (Å²) in [6, 6.07) is 6.75. The molecular weight excluding hydrogens is 280 g/mol. The first kappa shape index (κ1) is 15.3. The maximum Gasteiger partial charge on any atom is 0.257 e. The summed E-state index contributed by atoms with van der Waals surface area (Å²) in [6.07, 6.45) is 3.95. The molecule has 1 unspecified atom stereocenters. The van der Waals surface area contributed by atoms with Crippen LogP contribution in [0.15, 0.2) is 24.3 Å². The molecule has 3 rings (SSSR count). The lowest BCUT2D eigenvalue weighted by molar-refractivity contribution is -0.0130. The standard InChI is InChI=1S/C17H24N2O3/c20-16-7-2-1-6-15(16)17(21)19-10-8-18(9-11-19)13-14-5-3-4-12-22-14/h1-2,6-7,14,20H,3-5,8-13H2. The summed E-state index contributed by atoms with van der Waals surface area (Å²) in [5.41, 5.74) is 0.395. The first-order valence-corrected chi connectivity index (χ1v) is 8.15. The fourth-order valence-corrected chi connectivity index (χ4v) is 3.20.